The second-order valence-electron chi connectivity index (χ2n) is 21.5. The number of phosphoric acid groups is 2. The van der Waals surface area contributed by atoms with Gasteiger partial charge in [-0.05, 0) is 81.2 Å². The molecule has 1 saturated heterocycles. The van der Waals surface area contributed by atoms with Crippen LogP contribution in [0.1, 0.15) is 91.0 Å². The Kier molecular flexibility index (Phi) is 16.5. The third kappa shape index (κ3) is 12.0. The SMILES string of the molecule is Cn1c[n+](C2O[C@H](COP(=O)(O)OP(=O)(O)O)[C@@H](OC(=O)NCCNC(=O)CCCCCNS(=O)(=O)c3cc(S(=O)(=O)O)ccc3C3=c4cc5c6c(c4Oc4c3cc3c7c4CCCN7CCC3)CCC[N+]=6CCC5)[C@H]2O)c2nc(N)[nH]c(=O)c21. The van der Waals surface area contributed by atoms with Gasteiger partial charge in [0, 0.05) is 90.7 Å². The summed E-state index contributed by atoms with van der Waals surface area (Å²) in [5.74, 6) is 0.649. The molecule has 84 heavy (non-hydrogen) atoms. The second kappa shape index (κ2) is 23.2. The highest BCUT2D eigenvalue weighted by atomic mass is 32.2. The number of carbonyl (C=O) groups excluding carboxylic acids is 2. The van der Waals surface area contributed by atoms with Gasteiger partial charge in [0.25, 0.3) is 21.6 Å². The van der Waals surface area contributed by atoms with E-state index in [2.05, 4.69) is 51.2 Å². The number of amides is 2. The number of fused-ring (bicyclic) bond motifs is 5. The molecule has 29 nitrogen and oxygen atoms in total. The molecule has 452 valence electrons. The molecule has 33 heteroatoms. The fourth-order valence-corrected chi connectivity index (χ4v) is 15.9. The van der Waals surface area contributed by atoms with Crippen LogP contribution in [-0.2, 0) is 85.1 Å². The zero-order valence-electron chi connectivity index (χ0n) is 45.4. The number of aromatic amines is 1. The summed E-state index contributed by atoms with van der Waals surface area (Å²) in [6.45, 7) is 2.28. The number of nitrogen functional groups attached to an aromatic ring is 1. The van der Waals surface area contributed by atoms with Crippen LogP contribution in [-0.4, -0.2) is 138 Å². The second-order valence-corrected chi connectivity index (χ2v) is 27.5. The number of nitrogens with zero attached hydrogens (tertiary/aromatic N) is 5. The zero-order valence-corrected chi connectivity index (χ0v) is 48.8. The van der Waals surface area contributed by atoms with E-state index in [0.29, 0.717) is 29.9 Å². The van der Waals surface area contributed by atoms with Gasteiger partial charge in [-0.3, -0.25) is 28.2 Å². The van der Waals surface area contributed by atoms with Gasteiger partial charge in [-0.15, -0.1) is 0 Å². The summed E-state index contributed by atoms with van der Waals surface area (Å²) in [7, 11) is -18.9. The number of carbonyl (C=O) groups is 2. The number of benzene rings is 3. The summed E-state index contributed by atoms with van der Waals surface area (Å²) < 4.78 is 123. The molecule has 0 bridgehead atoms. The number of H-pyrrole nitrogens is 1. The van der Waals surface area contributed by atoms with Crippen LogP contribution in [0.15, 0.2) is 51.2 Å². The summed E-state index contributed by atoms with van der Waals surface area (Å²) in [6.07, 6.45) is 1.46. The minimum absolute atomic E-state index is 0.00664. The Bertz CT molecular complexity index is 4060. The molecule has 11 N–H and O–H groups in total. The topological polar surface area (TPSA) is 407 Å². The molecule has 11 rings (SSSR count). The predicted octanol–water partition coefficient (Wildman–Crippen LogP) is 0.0478. The Morgan fingerprint density at radius 3 is 2.39 bits per heavy atom. The van der Waals surface area contributed by atoms with Gasteiger partial charge >= 0.3 is 27.4 Å². The molecule has 2 aromatic heterocycles. The van der Waals surface area contributed by atoms with E-state index in [4.69, 9.17) is 34.3 Å². The lowest BCUT2D eigenvalue weighted by Crippen LogP contribution is -2.47. The Morgan fingerprint density at radius 2 is 1.63 bits per heavy atom. The Morgan fingerprint density at radius 1 is 0.905 bits per heavy atom. The number of unbranched alkanes of at least 4 members (excludes halogenated alkanes) is 2. The van der Waals surface area contributed by atoms with Crippen LogP contribution < -0.4 is 56.0 Å². The first-order valence-corrected chi connectivity index (χ1v) is 33.4. The molecular formula is C51H64N10O19P2S2+2. The standard InChI is InChI=1S/C51H62N10O19P2S2/c1-58-27-61(47-42(58)48(64)57-50(52)56-47)49-43(63)46(36(77-49)26-76-82(69,70)80-81(66,67)68)79-51(65)54-18-17-53-38(62)13-3-2-4-16-55-83(71,72)37-25-30(84(73,74)75)14-15-31(37)39-34-23-28-9-5-19-59-21-7-11-32(40(28)59)44(34)78-45-33-12-8-22-60-20-6-10-29(41(33)60)24-35(39)45/h14-15,23-25,27,36,43,46,49,55,63H,2-13,16-22,26H2,1H3,(H7-2,52,53,54,56,57,62,64,65,66,67,68,69,70,73,74,75)/p+2/t36-,43-,46-,49?/m1/s1. The number of aryl methyl sites for hydroxylation is 3. The number of ether oxygens (including phenoxy) is 3. The van der Waals surface area contributed by atoms with E-state index in [9.17, 15) is 54.9 Å². The van der Waals surface area contributed by atoms with E-state index in [1.807, 2.05) is 0 Å². The van der Waals surface area contributed by atoms with E-state index >= 15 is 0 Å². The van der Waals surface area contributed by atoms with Crippen LogP contribution in [0.25, 0.3) is 16.7 Å². The van der Waals surface area contributed by atoms with Crippen molar-refractivity contribution in [2.45, 2.75) is 111 Å². The average molecular weight is 1250 g/mol. The number of aliphatic hydroxyl groups excluding tert-OH is 1. The number of aromatic nitrogens is 4. The summed E-state index contributed by atoms with van der Waals surface area (Å²) in [5, 5.41) is 18.3. The van der Waals surface area contributed by atoms with E-state index in [1.54, 1.807) is 0 Å². The van der Waals surface area contributed by atoms with Crippen LogP contribution in [0, 0.1) is 0 Å². The number of hydrogen-bond donors (Lipinski definition) is 10. The van der Waals surface area contributed by atoms with E-state index < -0.39 is 89.4 Å². The normalized spacial score (nSPS) is 20.8. The maximum absolute atomic E-state index is 14.7. The first-order chi connectivity index (χ1) is 39.9. The fourth-order valence-electron chi connectivity index (χ4n) is 12.4. The molecule has 5 aromatic rings. The maximum Gasteiger partial charge on any atom is 0.481 e. The first-order valence-electron chi connectivity index (χ1n) is 27.4. The number of aliphatic hydroxyl groups is 1. The molecule has 0 spiro atoms. The van der Waals surface area contributed by atoms with Gasteiger partial charge in [0.1, 0.15) is 30.7 Å². The molecule has 2 unspecified atom stereocenters. The Labute approximate surface area is 480 Å². The lowest BCUT2D eigenvalue weighted by atomic mass is 9.82. The molecule has 1 fully saturated rings. The molecule has 6 aliphatic heterocycles. The molecule has 0 aliphatic carbocycles. The van der Waals surface area contributed by atoms with Gasteiger partial charge in [-0.25, -0.2) is 36.2 Å². The number of imidazole rings is 1. The van der Waals surface area contributed by atoms with Crippen LogP contribution >= 0.6 is 15.6 Å². The first kappa shape index (κ1) is 59.5. The van der Waals surface area contributed by atoms with Crippen LogP contribution in [0.4, 0.5) is 16.4 Å². The predicted molar refractivity (Wildman–Crippen MR) is 296 cm³/mol. The molecule has 0 saturated carbocycles. The Hall–Kier alpha value is -6.18. The smallest absolute Gasteiger partial charge is 0.455 e. The summed E-state index contributed by atoms with van der Waals surface area (Å²) >= 11 is 0. The van der Waals surface area contributed by atoms with Gasteiger partial charge in [0.15, 0.2) is 18.5 Å². The van der Waals surface area contributed by atoms with Crippen molar-refractivity contribution in [3.8, 4) is 11.5 Å². The minimum Gasteiger partial charge on any atom is -0.455 e. The highest BCUT2D eigenvalue weighted by molar-refractivity contribution is 7.89. The molecular weight excluding hydrogens is 1180 g/mol. The third-order valence-corrected chi connectivity index (χ3v) is 20.3. The van der Waals surface area contributed by atoms with Crippen molar-refractivity contribution in [3.05, 3.63) is 91.0 Å². The van der Waals surface area contributed by atoms with E-state index in [-0.39, 0.29) is 60.0 Å². The van der Waals surface area contributed by atoms with Crippen molar-refractivity contribution in [2.75, 3.05) is 63.1 Å². The van der Waals surface area contributed by atoms with Crippen molar-refractivity contribution in [1.82, 2.24) is 34.5 Å². The van der Waals surface area contributed by atoms with Crippen molar-refractivity contribution >= 4 is 76.2 Å². The number of alkyl carbamates (subject to hydrolysis) is 1. The number of nitrogens with two attached hydrogens (primary N) is 1. The fraction of sp³-hybridized carbons (Fsp3) is 0.490. The number of anilines is 2. The van der Waals surface area contributed by atoms with Gasteiger partial charge < -0.3 is 55.3 Å². The maximum atomic E-state index is 14.7. The van der Waals surface area contributed by atoms with Crippen LogP contribution in [0.3, 0.4) is 0 Å². The van der Waals surface area contributed by atoms with Gasteiger partial charge in [-0.2, -0.15) is 12.7 Å². The van der Waals surface area contributed by atoms with Crippen LogP contribution in [0.2, 0.25) is 0 Å². The van der Waals surface area contributed by atoms with E-state index in [1.165, 1.54) is 45.7 Å². The van der Waals surface area contributed by atoms with Crippen molar-refractivity contribution in [3.63, 3.8) is 0 Å². The highest BCUT2D eigenvalue weighted by Gasteiger charge is 2.51. The molecule has 6 aliphatic rings. The van der Waals surface area contributed by atoms with Crippen molar-refractivity contribution in [2.24, 2.45) is 7.05 Å². The van der Waals surface area contributed by atoms with Gasteiger partial charge in [0.05, 0.1) is 29.0 Å². The quantitative estimate of drug-likeness (QED) is 0.0209. The number of nitrogens with one attached hydrogen (secondary N) is 4. The van der Waals surface area contributed by atoms with Crippen molar-refractivity contribution in [1.29, 1.82) is 0 Å². The summed E-state index contributed by atoms with van der Waals surface area (Å²) in [5.41, 5.74) is 12.2. The highest BCUT2D eigenvalue weighted by Crippen LogP contribution is 2.58. The molecule has 3 aromatic carbocycles. The molecule has 8 heterocycles. The van der Waals surface area contributed by atoms with Crippen molar-refractivity contribution < 1.29 is 87.5 Å². The number of sulfonamides is 1. The number of rotatable bonds is 20. The van der Waals surface area contributed by atoms with Gasteiger partial charge in [-0.1, -0.05) is 17.5 Å². The minimum atomic E-state index is -5.54. The number of phosphoric ester groups is 1. The van der Waals surface area contributed by atoms with Gasteiger partial charge in [0.2, 0.25) is 33.0 Å². The van der Waals surface area contributed by atoms with Crippen LogP contribution in [0.5, 0.6) is 11.5 Å². The molecule has 5 atom stereocenters. The number of hydrogen-bond acceptors (Lipinski definition) is 18. The zero-order chi connectivity index (χ0) is 59.6. The third-order valence-electron chi connectivity index (χ3n) is 15.8. The lowest BCUT2D eigenvalue weighted by Gasteiger charge is -2.39. The molecule has 2 amide bonds. The summed E-state index contributed by atoms with van der Waals surface area (Å²) in [6, 6.07) is 7.90. The lowest BCUT2D eigenvalue weighted by molar-refractivity contribution is -0.745. The average Bonchev–Trinajstić information content (AvgIpc) is 1.30. The largest absolute Gasteiger partial charge is 0.481 e. The monoisotopic (exact) mass is 1250 g/mol. The summed E-state index contributed by atoms with van der Waals surface area (Å²) in [4.78, 5) is 74.5. The van der Waals surface area contributed by atoms with E-state index in [0.717, 1.165) is 117 Å². The molecule has 0 radical (unpaired) electrons. The Balaban J connectivity index is 0.735.